The Balaban J connectivity index is 1.46. The predicted molar refractivity (Wildman–Crippen MR) is 232 cm³/mol. The molecule has 0 saturated carbocycles. The van der Waals surface area contributed by atoms with Gasteiger partial charge in [0.15, 0.2) is 5.82 Å². The van der Waals surface area contributed by atoms with Crippen LogP contribution in [0.25, 0.3) is 105 Å². The summed E-state index contributed by atoms with van der Waals surface area (Å²) in [5.41, 5.74) is -9.57. The van der Waals surface area contributed by atoms with E-state index in [1.165, 1.54) is 0 Å². The Morgan fingerprint density at radius 1 is 0.404 bits per heavy atom. The summed E-state index contributed by atoms with van der Waals surface area (Å²) in [6.45, 7) is 0. The van der Waals surface area contributed by atoms with Crippen LogP contribution in [0.3, 0.4) is 0 Å². The van der Waals surface area contributed by atoms with Crippen molar-refractivity contribution in [3.8, 4) is 39.8 Å². The van der Waals surface area contributed by atoms with Crippen molar-refractivity contribution in [1.82, 2.24) is 33.6 Å². The summed E-state index contributed by atoms with van der Waals surface area (Å²) in [5, 5.41) is -3.64. The van der Waals surface area contributed by atoms with E-state index in [0.717, 1.165) is 0 Å². The maximum Gasteiger partial charge on any atom is 0.164 e. The van der Waals surface area contributed by atoms with Gasteiger partial charge in [0.25, 0.3) is 0 Å². The fourth-order valence-electron chi connectivity index (χ4n) is 6.89. The number of hydrogen-bond donors (Lipinski definition) is 0. The Kier molecular flexibility index (Phi) is 2.96. The molecule has 6 heterocycles. The highest BCUT2D eigenvalue weighted by atomic mass is 15.1. The van der Waals surface area contributed by atoms with Crippen LogP contribution >= 0.6 is 0 Å². The third-order valence-electron chi connectivity index (χ3n) is 9.14. The molecule has 266 valence electrons. The van der Waals surface area contributed by atoms with Crippen molar-refractivity contribution in [2.75, 3.05) is 0 Å². The van der Waals surface area contributed by atoms with E-state index in [9.17, 15) is 20.6 Å². The van der Waals surface area contributed by atoms with E-state index in [4.69, 9.17) is 21.9 Å². The van der Waals surface area contributed by atoms with Gasteiger partial charge in [0.05, 0.1) is 92.7 Å². The van der Waals surface area contributed by atoms with Gasteiger partial charge in [0.2, 0.25) is 0 Å². The summed E-state index contributed by atoms with van der Waals surface area (Å²) < 4.78 is 286. The summed E-state index contributed by atoms with van der Waals surface area (Å²) in [6.07, 6.45) is -3.82. The third kappa shape index (κ3) is 4.66. The van der Waals surface area contributed by atoms with Crippen molar-refractivity contribution in [3.05, 3.63) is 188 Å². The Hall–Kier alpha value is -7.90. The molecular weight excluding hydrogens is 699 g/mol. The van der Waals surface area contributed by atoms with Gasteiger partial charge in [0.1, 0.15) is 5.82 Å². The van der Waals surface area contributed by atoms with Crippen LogP contribution in [0.1, 0.15) is 42.5 Å². The maximum absolute atomic E-state index is 10.0. The molecule has 7 heteroatoms. The van der Waals surface area contributed by atoms with Crippen LogP contribution in [0.2, 0.25) is 0 Å². The van der Waals surface area contributed by atoms with Gasteiger partial charge in [-0.05, 0) is 48.3 Å². The Bertz CT molecular complexity index is 5250. The normalized spacial score (nSPS) is 19.5. The van der Waals surface area contributed by atoms with E-state index >= 15 is 0 Å². The average Bonchev–Trinajstić information content (AvgIpc) is 1.51. The van der Waals surface area contributed by atoms with Gasteiger partial charge in [-0.25, -0.2) is 9.97 Å². The quantitative estimate of drug-likeness (QED) is 0.175. The molecule has 0 unspecified atom stereocenters. The average molecular weight is 761 g/mol. The van der Waals surface area contributed by atoms with Gasteiger partial charge in [-0.2, -0.15) is 0 Å². The molecule has 57 heavy (non-hydrogen) atoms. The van der Waals surface area contributed by atoms with Crippen molar-refractivity contribution in [2.24, 2.45) is 0 Å². The molecule has 0 amide bonds. The molecule has 6 aromatic carbocycles. The lowest BCUT2D eigenvalue weighted by atomic mass is 10.1. The lowest BCUT2D eigenvalue weighted by molar-refractivity contribution is 1.04. The van der Waals surface area contributed by atoms with E-state index < -0.39 is 293 Å². The first-order chi connectivity index (χ1) is 41.2. The zero-order valence-electron chi connectivity index (χ0n) is 59.1. The van der Waals surface area contributed by atoms with E-state index in [1.54, 1.807) is 0 Å². The lowest BCUT2D eigenvalue weighted by Crippen LogP contribution is -2.08. The van der Waals surface area contributed by atoms with Gasteiger partial charge >= 0.3 is 0 Å². The first kappa shape index (κ1) is 13.7. The minimum atomic E-state index is -1.24. The van der Waals surface area contributed by atoms with Gasteiger partial charge in [-0.3, -0.25) is 14.5 Å². The van der Waals surface area contributed by atoms with Crippen LogP contribution in [0.15, 0.2) is 188 Å². The largest absolute Gasteiger partial charge is 0.307 e. The molecule has 0 N–H and O–H groups in total. The molecule has 0 radical (unpaired) electrons. The molecule has 0 fully saturated rings. The van der Waals surface area contributed by atoms with E-state index in [1.807, 2.05) is 0 Å². The molecule has 0 aliphatic heterocycles. The van der Waals surface area contributed by atoms with E-state index in [2.05, 4.69) is 19.9 Å². The molecule has 0 aliphatic carbocycles. The zero-order chi connectivity index (χ0) is 64.4. The summed E-state index contributed by atoms with van der Waals surface area (Å²) in [4.78, 5) is 16.9. The number of aromatic nitrogens is 7. The summed E-state index contributed by atoms with van der Waals surface area (Å²) >= 11 is 0. The van der Waals surface area contributed by atoms with E-state index in [-0.39, 0.29) is 0 Å². The van der Waals surface area contributed by atoms with Crippen molar-refractivity contribution < 1.29 is 42.5 Å². The second-order valence-electron chi connectivity index (χ2n) is 12.1. The number of hydrogen-bond acceptors (Lipinski definition) is 4. The second kappa shape index (κ2) is 12.3. The van der Waals surface area contributed by atoms with Crippen LogP contribution in [-0.2, 0) is 0 Å². The lowest BCUT2D eigenvalue weighted by Gasteiger charge is -2.20. The zero-order valence-corrected chi connectivity index (χ0v) is 28.1. The summed E-state index contributed by atoms with van der Waals surface area (Å²) in [7, 11) is 0. The standard InChI is InChI=1S/C50H31N7/c1-2-13-32(14-3-1)40-29-48(56-42-21-9-4-15-33(42)34-16-5-10-22-43(34)56)54-50(53-40)37-19-12-24-47(55-41-20-8-6-17-35(41)38-30-51-27-25-45(38)55)49(37)57-44-23-11-7-18-36(44)39-31-52-28-26-46(39)57/h1-31H/i1D,2D,3D,4D,5D,6D,7D,8D,9D,10D,11D,12D,13D,14D,15D,16D,17D,18D,19D,20D,21D,22D,23D,24D,25D,26D,27D,28D,29D,30D,31D. The molecule has 6 aromatic heterocycles. The monoisotopic (exact) mass is 760 g/mol. The van der Waals surface area contributed by atoms with Crippen molar-refractivity contribution >= 4 is 65.4 Å². The first-order valence-corrected chi connectivity index (χ1v) is 16.6. The molecule has 12 rings (SSSR count). The maximum atomic E-state index is 10.0. The van der Waals surface area contributed by atoms with Crippen LogP contribution in [-0.4, -0.2) is 33.6 Å². The van der Waals surface area contributed by atoms with Crippen molar-refractivity contribution in [3.63, 3.8) is 0 Å². The molecule has 12 aromatic rings. The third-order valence-corrected chi connectivity index (χ3v) is 9.14. The van der Waals surface area contributed by atoms with Gasteiger partial charge in [-0.1, -0.05) is 109 Å². The number of pyridine rings is 2. The summed E-state index contributed by atoms with van der Waals surface area (Å²) in [6, 6.07) is -27.2. The molecule has 0 saturated heterocycles. The van der Waals surface area contributed by atoms with E-state index in [0.29, 0.717) is 13.7 Å². The van der Waals surface area contributed by atoms with Gasteiger partial charge < -0.3 is 9.13 Å². The Morgan fingerprint density at radius 2 is 0.895 bits per heavy atom. The highest BCUT2D eigenvalue weighted by molar-refractivity contribution is 6.12. The molecule has 0 atom stereocenters. The highest BCUT2D eigenvalue weighted by Gasteiger charge is 2.25. The predicted octanol–water partition coefficient (Wildman–Crippen LogP) is 11.9. The van der Waals surface area contributed by atoms with Crippen LogP contribution < -0.4 is 0 Å². The fraction of sp³-hybridized carbons (Fsp3) is 0. The minimum absolute atomic E-state index is 0.589. The number of fused-ring (bicyclic) bond motifs is 9. The first-order valence-electron chi connectivity index (χ1n) is 32.1. The van der Waals surface area contributed by atoms with Gasteiger partial charge in [0, 0.05) is 74.2 Å². The Labute approximate surface area is 369 Å². The minimum Gasteiger partial charge on any atom is -0.307 e. The van der Waals surface area contributed by atoms with Crippen molar-refractivity contribution in [1.29, 1.82) is 0 Å². The number of para-hydroxylation sites is 5. The molecule has 0 spiro atoms. The Morgan fingerprint density at radius 3 is 1.51 bits per heavy atom. The smallest absolute Gasteiger partial charge is 0.164 e. The molecular formula is C50H31N7. The number of rotatable bonds is 5. The van der Waals surface area contributed by atoms with Crippen LogP contribution in [0.4, 0.5) is 0 Å². The topological polar surface area (TPSA) is 66.3 Å². The molecule has 0 bridgehead atoms. The number of nitrogens with zero attached hydrogens (tertiary/aromatic N) is 7. The molecule has 7 nitrogen and oxygen atoms in total. The number of benzene rings is 6. The highest BCUT2D eigenvalue weighted by Crippen LogP contribution is 2.42. The van der Waals surface area contributed by atoms with Crippen molar-refractivity contribution in [2.45, 2.75) is 0 Å². The second-order valence-corrected chi connectivity index (χ2v) is 12.1. The van der Waals surface area contributed by atoms with Gasteiger partial charge in [-0.15, -0.1) is 0 Å². The fourth-order valence-corrected chi connectivity index (χ4v) is 6.89. The van der Waals surface area contributed by atoms with Crippen LogP contribution in [0, 0.1) is 0 Å². The summed E-state index contributed by atoms with van der Waals surface area (Å²) in [5.74, 6) is -2.19. The van der Waals surface area contributed by atoms with Crippen LogP contribution in [0.5, 0.6) is 0 Å². The molecule has 0 aliphatic rings. The SMILES string of the molecule is [2H]c1nc([2H])c2c3c([2H])c([2H])c([2H])c([2H])c3n(-c3c([2H])c([2H])c([2H])c(-c4nc(-c5c([2H])c([2H])c([2H])c([2H])c5[2H])c([2H])c(-n5c6c([2H])c([2H])c([2H])c([2H])c6c6c([2H])c([2H])c([2H])c([2H])c65)n4)c3-n3c4c([2H])c([2H])nc([2H])c4c4c([2H])c([2H])c([2H])c([2H])c43)c2c1[2H].